The predicted molar refractivity (Wildman–Crippen MR) is 24.5 cm³/mol. The summed E-state index contributed by atoms with van der Waals surface area (Å²) in [5.41, 5.74) is 0. The largest absolute Gasteiger partial charge is 0.282 e. The van der Waals surface area contributed by atoms with Gasteiger partial charge in [0.25, 0.3) is 0 Å². The molecule has 0 spiro atoms. The molecule has 3 heteroatoms. The van der Waals surface area contributed by atoms with Gasteiger partial charge in [-0.25, -0.2) is 0 Å². The average molecular weight is 103 g/mol. The molecule has 1 rings (SSSR count). The van der Waals surface area contributed by atoms with E-state index in [4.69, 9.17) is 11.6 Å². The van der Waals surface area contributed by atoms with Crippen molar-refractivity contribution in [1.82, 2.24) is 5.32 Å². The first-order chi connectivity index (χ1) is 2.89. The normalized spacial score (nSPS) is 21.2. The van der Waals surface area contributed by atoms with Gasteiger partial charge in [0.15, 0.2) is 0 Å². The molecule has 1 N–H and O–H groups in total. The third-order valence-corrected chi connectivity index (χ3v) is 0.702. The van der Waals surface area contributed by atoms with Crippen LogP contribution in [0, 0.1) is 6.54 Å². The average Bonchev–Trinajstić information content (AvgIpc) is 1.86. The molecule has 2 radical (unpaired) electrons. The lowest BCUT2D eigenvalue weighted by Crippen LogP contribution is -2.02. The van der Waals surface area contributed by atoms with Gasteiger partial charge in [-0.3, -0.25) is 10.3 Å². The molecule has 0 fully saturated rings. The summed E-state index contributed by atoms with van der Waals surface area (Å²) in [4.78, 5) is 3.70. The van der Waals surface area contributed by atoms with Crippen LogP contribution in [0.1, 0.15) is 0 Å². The highest BCUT2D eigenvalue weighted by Gasteiger charge is 1.99. The SMILES string of the molecule is ClC1=NCN[C]1. The zero-order valence-corrected chi connectivity index (χ0v) is 3.79. The second-order valence-corrected chi connectivity index (χ2v) is 1.27. The molecule has 0 unspecified atom stereocenters. The minimum absolute atomic E-state index is 0.440. The lowest BCUT2D eigenvalue weighted by atomic mass is 10.7. The second kappa shape index (κ2) is 1.58. The Morgan fingerprint density at radius 2 is 2.83 bits per heavy atom. The summed E-state index contributed by atoms with van der Waals surface area (Å²) in [5, 5.41) is 3.13. The Kier molecular flexibility index (Phi) is 1.08. The van der Waals surface area contributed by atoms with Crippen molar-refractivity contribution in [3.05, 3.63) is 6.54 Å². The molecule has 0 aromatic carbocycles. The summed E-state index contributed by atoms with van der Waals surface area (Å²) in [6.45, 7) is 3.17. The Morgan fingerprint density at radius 1 is 2.00 bits per heavy atom. The molecule has 1 aliphatic heterocycles. The van der Waals surface area contributed by atoms with Gasteiger partial charge in [0.1, 0.15) is 11.7 Å². The molecule has 0 bridgehead atoms. The smallest absolute Gasteiger partial charge is 0.128 e. The number of nitrogens with zero attached hydrogens (tertiary/aromatic N) is 1. The van der Waals surface area contributed by atoms with Crippen molar-refractivity contribution in [2.24, 2.45) is 4.99 Å². The Labute approximate surface area is 41.2 Å². The molecule has 1 heterocycles. The van der Waals surface area contributed by atoms with Crippen molar-refractivity contribution in [3.8, 4) is 0 Å². The molecule has 0 amide bonds. The van der Waals surface area contributed by atoms with Crippen LogP contribution >= 0.6 is 11.6 Å². The van der Waals surface area contributed by atoms with Crippen molar-refractivity contribution in [2.75, 3.05) is 6.67 Å². The molecule has 1 aliphatic rings. The van der Waals surface area contributed by atoms with E-state index in [0.29, 0.717) is 11.8 Å². The van der Waals surface area contributed by atoms with Gasteiger partial charge in [0.05, 0.1) is 6.67 Å². The van der Waals surface area contributed by atoms with E-state index in [1.54, 1.807) is 0 Å². The van der Waals surface area contributed by atoms with Crippen LogP contribution in [-0.2, 0) is 0 Å². The summed E-state index contributed by atoms with van der Waals surface area (Å²) in [6.07, 6.45) is 0. The highest BCUT2D eigenvalue weighted by atomic mass is 35.5. The molecule has 2 nitrogen and oxygen atoms in total. The van der Waals surface area contributed by atoms with E-state index in [1.807, 2.05) is 0 Å². The van der Waals surface area contributed by atoms with E-state index in [9.17, 15) is 0 Å². The maximum Gasteiger partial charge on any atom is 0.128 e. The van der Waals surface area contributed by atoms with Gasteiger partial charge in [0, 0.05) is 0 Å². The molecule has 0 aromatic heterocycles. The zero-order chi connectivity index (χ0) is 4.41. The number of nitrogens with one attached hydrogen (secondary N) is 1. The van der Waals surface area contributed by atoms with E-state index in [-0.39, 0.29) is 0 Å². The van der Waals surface area contributed by atoms with E-state index in [2.05, 4.69) is 16.9 Å². The van der Waals surface area contributed by atoms with Crippen LogP contribution in [0.3, 0.4) is 0 Å². The molecule has 6 heavy (non-hydrogen) atoms. The number of rotatable bonds is 0. The zero-order valence-electron chi connectivity index (χ0n) is 3.03. The maximum absolute atomic E-state index is 5.29. The van der Waals surface area contributed by atoms with Gasteiger partial charge in [-0.15, -0.1) is 0 Å². The number of hydrogen-bond acceptors (Lipinski definition) is 2. The van der Waals surface area contributed by atoms with E-state index in [1.165, 1.54) is 0 Å². The minimum atomic E-state index is 0.440. The van der Waals surface area contributed by atoms with Crippen molar-refractivity contribution in [2.45, 2.75) is 0 Å². The predicted octanol–water partition coefficient (Wildman–Crippen LogP) is 0.223. The fourth-order valence-corrected chi connectivity index (χ4v) is 0.388. The Morgan fingerprint density at radius 3 is 3.00 bits per heavy atom. The Hall–Kier alpha value is -0.0800. The van der Waals surface area contributed by atoms with Gasteiger partial charge >= 0.3 is 0 Å². The molecule has 0 saturated carbocycles. The van der Waals surface area contributed by atoms with Crippen LogP contribution in [-0.4, -0.2) is 11.8 Å². The highest BCUT2D eigenvalue weighted by Crippen LogP contribution is 1.92. The summed E-state index contributed by atoms with van der Waals surface area (Å²) in [6, 6.07) is 0. The third kappa shape index (κ3) is 0.698. The first kappa shape index (κ1) is 4.09. The molecule has 0 saturated heterocycles. The first-order valence-electron chi connectivity index (χ1n) is 1.58. The monoisotopic (exact) mass is 102 g/mol. The van der Waals surface area contributed by atoms with Crippen molar-refractivity contribution in [1.29, 1.82) is 0 Å². The summed E-state index contributed by atoms with van der Waals surface area (Å²) < 4.78 is 0. The summed E-state index contributed by atoms with van der Waals surface area (Å²) >= 11 is 5.29. The first-order valence-corrected chi connectivity index (χ1v) is 1.96. The van der Waals surface area contributed by atoms with E-state index >= 15 is 0 Å². The Bertz CT molecular complexity index is 78.9. The summed E-state index contributed by atoms with van der Waals surface area (Å²) in [7, 11) is 0. The fourth-order valence-electron chi connectivity index (χ4n) is 0.261. The van der Waals surface area contributed by atoms with Gasteiger partial charge in [-0.05, 0) is 0 Å². The van der Waals surface area contributed by atoms with Gasteiger partial charge < -0.3 is 0 Å². The molecule has 0 aromatic rings. The van der Waals surface area contributed by atoms with Gasteiger partial charge in [-0.2, -0.15) is 0 Å². The third-order valence-electron chi connectivity index (χ3n) is 0.488. The highest BCUT2D eigenvalue weighted by molar-refractivity contribution is 6.67. The van der Waals surface area contributed by atoms with Crippen LogP contribution in [0.25, 0.3) is 0 Å². The van der Waals surface area contributed by atoms with Crippen LogP contribution in [0.4, 0.5) is 0 Å². The minimum Gasteiger partial charge on any atom is -0.282 e. The number of aliphatic imine (C=N–C) groups is 1. The molecular weight excluding hydrogens is 99.5 g/mol. The Balaban J connectivity index is 2.45. The second-order valence-electron chi connectivity index (χ2n) is 0.909. The van der Waals surface area contributed by atoms with Crippen LogP contribution in [0.15, 0.2) is 4.99 Å². The standard InChI is InChI=1S/C3H3ClN2/c4-3-1-5-2-6-3/h5H,2H2. The quantitative estimate of drug-likeness (QED) is 0.465. The van der Waals surface area contributed by atoms with Crippen molar-refractivity contribution >= 4 is 16.8 Å². The van der Waals surface area contributed by atoms with Crippen LogP contribution < -0.4 is 5.32 Å². The van der Waals surface area contributed by atoms with Crippen molar-refractivity contribution in [3.63, 3.8) is 0 Å². The molecule has 32 valence electrons. The molecule has 0 atom stereocenters. The van der Waals surface area contributed by atoms with E-state index in [0.717, 1.165) is 0 Å². The van der Waals surface area contributed by atoms with Crippen molar-refractivity contribution < 1.29 is 0 Å². The van der Waals surface area contributed by atoms with E-state index < -0.39 is 0 Å². The molecular formula is C3H3ClN2. The fraction of sp³-hybridized carbons (Fsp3) is 0.333. The lowest BCUT2D eigenvalue weighted by Gasteiger charge is -1.75. The van der Waals surface area contributed by atoms with Crippen LogP contribution in [0.2, 0.25) is 0 Å². The lowest BCUT2D eigenvalue weighted by molar-refractivity contribution is 0.906. The maximum atomic E-state index is 5.29. The number of halogens is 1. The number of hydrogen-bond donors (Lipinski definition) is 1. The topological polar surface area (TPSA) is 24.4 Å². The van der Waals surface area contributed by atoms with Gasteiger partial charge in [0.2, 0.25) is 0 Å². The molecule has 0 aliphatic carbocycles. The van der Waals surface area contributed by atoms with Crippen LogP contribution in [0.5, 0.6) is 0 Å². The summed E-state index contributed by atoms with van der Waals surface area (Å²) in [5.74, 6) is 0. The van der Waals surface area contributed by atoms with Gasteiger partial charge in [-0.1, -0.05) is 11.6 Å².